The van der Waals surface area contributed by atoms with Crippen LogP contribution in [0.4, 0.5) is 0 Å². The van der Waals surface area contributed by atoms with E-state index in [1.165, 1.54) is 0 Å². The fourth-order valence-electron chi connectivity index (χ4n) is 2.41. The predicted octanol–water partition coefficient (Wildman–Crippen LogP) is 1.31. The van der Waals surface area contributed by atoms with Gasteiger partial charge in [-0.25, -0.2) is 0 Å². The minimum atomic E-state index is -0.156. The molecule has 1 heterocycles. The van der Waals surface area contributed by atoms with E-state index in [2.05, 4.69) is 17.6 Å². The first-order valence-electron chi connectivity index (χ1n) is 6.75. The van der Waals surface area contributed by atoms with Crippen molar-refractivity contribution in [3.63, 3.8) is 0 Å². The fraction of sp³-hybridized carbons (Fsp3) is 0.923. The predicted molar refractivity (Wildman–Crippen MR) is 68.9 cm³/mol. The summed E-state index contributed by atoms with van der Waals surface area (Å²) in [6.45, 7) is 9.27. The van der Waals surface area contributed by atoms with E-state index < -0.39 is 0 Å². The van der Waals surface area contributed by atoms with E-state index in [1.54, 1.807) is 0 Å². The zero-order chi connectivity index (χ0) is 12.7. The lowest BCUT2D eigenvalue weighted by Gasteiger charge is -2.35. The topological polar surface area (TPSA) is 50.4 Å². The van der Waals surface area contributed by atoms with Gasteiger partial charge < -0.3 is 15.4 Å². The molecule has 0 bridgehead atoms. The van der Waals surface area contributed by atoms with Crippen molar-refractivity contribution in [1.82, 2.24) is 10.6 Å². The van der Waals surface area contributed by atoms with Gasteiger partial charge in [0.25, 0.3) is 0 Å². The number of hydrogen-bond donors (Lipinski definition) is 2. The largest absolute Gasteiger partial charge is 0.377 e. The Hall–Kier alpha value is -0.610. The third kappa shape index (κ3) is 3.96. The van der Waals surface area contributed by atoms with Crippen molar-refractivity contribution in [2.24, 2.45) is 5.41 Å². The zero-order valence-electron chi connectivity index (χ0n) is 11.3. The molecule has 0 aromatic rings. The van der Waals surface area contributed by atoms with Gasteiger partial charge in [0.1, 0.15) is 0 Å². The molecule has 0 aliphatic carbocycles. The Morgan fingerprint density at radius 3 is 2.59 bits per heavy atom. The van der Waals surface area contributed by atoms with Crippen LogP contribution in [0.2, 0.25) is 0 Å². The zero-order valence-corrected chi connectivity index (χ0v) is 11.3. The van der Waals surface area contributed by atoms with Gasteiger partial charge in [0.05, 0.1) is 11.5 Å². The molecular weight excluding hydrogens is 216 g/mol. The second kappa shape index (κ2) is 6.97. The van der Waals surface area contributed by atoms with Crippen LogP contribution in [0.1, 0.15) is 40.0 Å². The number of amides is 1. The van der Waals surface area contributed by atoms with Gasteiger partial charge in [-0.05, 0) is 46.2 Å². The average Bonchev–Trinajstić information content (AvgIpc) is 2.37. The molecular formula is C13H26N2O2. The number of carbonyl (C=O) groups excluding carboxylic acids is 1. The Kier molecular flexibility index (Phi) is 5.92. The second-order valence-electron chi connectivity index (χ2n) is 4.86. The summed E-state index contributed by atoms with van der Waals surface area (Å²) in [4.78, 5) is 12.3. The van der Waals surface area contributed by atoms with Crippen molar-refractivity contribution in [1.29, 1.82) is 0 Å². The van der Waals surface area contributed by atoms with E-state index >= 15 is 0 Å². The summed E-state index contributed by atoms with van der Waals surface area (Å²) >= 11 is 0. The highest BCUT2D eigenvalue weighted by Gasteiger charge is 2.37. The first-order chi connectivity index (χ1) is 8.14. The summed E-state index contributed by atoms with van der Waals surface area (Å²) in [5.41, 5.74) is -0.156. The molecule has 1 aliphatic rings. The molecule has 4 nitrogen and oxygen atoms in total. The molecule has 100 valence electrons. The number of hydrogen-bond acceptors (Lipinski definition) is 3. The van der Waals surface area contributed by atoms with Crippen LogP contribution in [0, 0.1) is 5.41 Å². The summed E-state index contributed by atoms with van der Waals surface area (Å²) in [5, 5.41) is 6.35. The molecule has 1 rings (SSSR count). The van der Waals surface area contributed by atoms with E-state index in [0.717, 1.165) is 32.4 Å². The molecule has 0 aromatic heterocycles. The monoisotopic (exact) mass is 242 g/mol. The Balaban J connectivity index is 2.43. The lowest BCUT2D eigenvalue weighted by molar-refractivity contribution is -0.133. The first kappa shape index (κ1) is 14.5. The van der Waals surface area contributed by atoms with Crippen LogP contribution < -0.4 is 10.6 Å². The summed E-state index contributed by atoms with van der Waals surface area (Å²) in [6, 6.07) is 0. The molecule has 2 N–H and O–H groups in total. The number of piperidine rings is 1. The van der Waals surface area contributed by atoms with Crippen molar-refractivity contribution in [2.45, 2.75) is 46.1 Å². The summed E-state index contributed by atoms with van der Waals surface area (Å²) < 4.78 is 5.42. The highest BCUT2D eigenvalue weighted by molar-refractivity contribution is 5.82. The normalized spacial score (nSPS) is 20.9. The van der Waals surface area contributed by atoms with Gasteiger partial charge in [0.2, 0.25) is 5.91 Å². The number of carbonyl (C=O) groups is 1. The molecule has 0 aromatic carbocycles. The maximum Gasteiger partial charge on any atom is 0.226 e. The van der Waals surface area contributed by atoms with Gasteiger partial charge in [0.15, 0.2) is 0 Å². The smallest absolute Gasteiger partial charge is 0.226 e. The highest BCUT2D eigenvalue weighted by Crippen LogP contribution is 2.32. The average molecular weight is 242 g/mol. The lowest BCUT2D eigenvalue weighted by atomic mass is 9.76. The van der Waals surface area contributed by atoms with Gasteiger partial charge in [0, 0.05) is 13.2 Å². The number of rotatable bonds is 6. The third-order valence-corrected chi connectivity index (χ3v) is 3.72. The molecule has 17 heavy (non-hydrogen) atoms. The first-order valence-corrected chi connectivity index (χ1v) is 6.75. The molecule has 1 amide bonds. The molecule has 0 radical (unpaired) electrons. The van der Waals surface area contributed by atoms with Crippen LogP contribution >= 0.6 is 0 Å². The molecule has 4 heteroatoms. The van der Waals surface area contributed by atoms with Crippen LogP contribution in [-0.4, -0.2) is 38.3 Å². The van der Waals surface area contributed by atoms with Gasteiger partial charge >= 0.3 is 0 Å². The lowest BCUT2D eigenvalue weighted by Crippen LogP contribution is -2.48. The Labute approximate surface area is 104 Å². The second-order valence-corrected chi connectivity index (χ2v) is 4.86. The molecule has 1 unspecified atom stereocenters. The van der Waals surface area contributed by atoms with E-state index in [9.17, 15) is 4.79 Å². The van der Waals surface area contributed by atoms with Crippen molar-refractivity contribution >= 4 is 5.91 Å². The standard InChI is InChI=1S/C13H26N2O2/c1-4-13(6-8-14-9-7-13)12(16)15-10-11(3)17-5-2/h11,14H,4-10H2,1-3H3,(H,15,16). The summed E-state index contributed by atoms with van der Waals surface area (Å²) in [5.74, 6) is 0.202. The molecule has 0 spiro atoms. The van der Waals surface area contributed by atoms with Crippen molar-refractivity contribution in [2.75, 3.05) is 26.2 Å². The Bertz CT molecular complexity index is 238. The molecule has 1 fully saturated rings. The number of nitrogens with one attached hydrogen (secondary N) is 2. The fourth-order valence-corrected chi connectivity index (χ4v) is 2.41. The quantitative estimate of drug-likeness (QED) is 0.738. The molecule has 1 atom stereocenters. The molecule has 1 saturated heterocycles. The molecule has 0 saturated carbocycles. The van der Waals surface area contributed by atoms with E-state index in [-0.39, 0.29) is 17.4 Å². The third-order valence-electron chi connectivity index (χ3n) is 3.72. The van der Waals surface area contributed by atoms with Crippen LogP contribution in [-0.2, 0) is 9.53 Å². The van der Waals surface area contributed by atoms with E-state index in [1.807, 2.05) is 13.8 Å². The summed E-state index contributed by atoms with van der Waals surface area (Å²) in [7, 11) is 0. The van der Waals surface area contributed by atoms with Crippen molar-refractivity contribution in [3.8, 4) is 0 Å². The maximum atomic E-state index is 12.3. The van der Waals surface area contributed by atoms with Gasteiger partial charge in [-0.3, -0.25) is 4.79 Å². The van der Waals surface area contributed by atoms with Crippen LogP contribution in [0.15, 0.2) is 0 Å². The van der Waals surface area contributed by atoms with Gasteiger partial charge in [-0.2, -0.15) is 0 Å². The Morgan fingerprint density at radius 1 is 1.41 bits per heavy atom. The van der Waals surface area contributed by atoms with E-state index in [4.69, 9.17) is 4.74 Å². The molecule has 1 aliphatic heterocycles. The minimum absolute atomic E-state index is 0.0968. The Morgan fingerprint density at radius 2 is 2.06 bits per heavy atom. The minimum Gasteiger partial charge on any atom is -0.377 e. The maximum absolute atomic E-state index is 12.3. The summed E-state index contributed by atoms with van der Waals surface area (Å²) in [6.07, 6.45) is 2.90. The highest BCUT2D eigenvalue weighted by atomic mass is 16.5. The van der Waals surface area contributed by atoms with Gasteiger partial charge in [-0.15, -0.1) is 0 Å². The van der Waals surface area contributed by atoms with Crippen molar-refractivity contribution in [3.05, 3.63) is 0 Å². The number of ether oxygens (including phenoxy) is 1. The SMILES string of the molecule is CCOC(C)CNC(=O)C1(CC)CCNCC1. The van der Waals surface area contributed by atoms with Crippen LogP contribution in [0.25, 0.3) is 0 Å². The van der Waals surface area contributed by atoms with Crippen LogP contribution in [0.5, 0.6) is 0 Å². The van der Waals surface area contributed by atoms with Crippen molar-refractivity contribution < 1.29 is 9.53 Å². The van der Waals surface area contributed by atoms with Gasteiger partial charge in [-0.1, -0.05) is 6.92 Å². The van der Waals surface area contributed by atoms with Crippen LogP contribution in [0.3, 0.4) is 0 Å². The van der Waals surface area contributed by atoms with E-state index in [0.29, 0.717) is 13.2 Å².